The fourth-order valence-electron chi connectivity index (χ4n) is 1.48. The van der Waals surface area contributed by atoms with E-state index in [1.165, 1.54) is 18.2 Å². The molecule has 0 aliphatic carbocycles. The van der Waals surface area contributed by atoms with E-state index in [0.717, 1.165) is 0 Å². The number of carbonyl (C=O) groups is 2. The average molecular weight is 340 g/mol. The Balaban J connectivity index is 3.06. The molecule has 0 aliphatic heterocycles. The van der Waals surface area contributed by atoms with Crippen molar-refractivity contribution in [3.8, 4) is 0 Å². The van der Waals surface area contributed by atoms with Gasteiger partial charge in [-0.05, 0) is 6.42 Å². The molecule has 110 valence electrons. The number of hydrogen-bond acceptors (Lipinski definition) is 4. The highest BCUT2D eigenvalue weighted by molar-refractivity contribution is 6.48. The Labute approximate surface area is 131 Å². The van der Waals surface area contributed by atoms with Gasteiger partial charge in [0.25, 0.3) is 5.91 Å². The Hall–Kier alpha value is -1.04. The molecular weight excluding hydrogens is 327 g/mol. The highest BCUT2D eigenvalue weighted by atomic mass is 35.5. The second-order valence-corrected chi connectivity index (χ2v) is 5.05. The van der Waals surface area contributed by atoms with E-state index in [1.54, 1.807) is 0 Å². The Morgan fingerprint density at radius 2 is 1.95 bits per heavy atom. The van der Waals surface area contributed by atoms with Crippen molar-refractivity contribution < 1.29 is 14.3 Å². The molecule has 1 aromatic rings. The van der Waals surface area contributed by atoms with Gasteiger partial charge in [0.15, 0.2) is 0 Å². The number of halogens is 3. The van der Waals surface area contributed by atoms with Crippen LogP contribution < -0.4 is 0 Å². The van der Waals surface area contributed by atoms with Crippen molar-refractivity contribution >= 4 is 46.7 Å². The van der Waals surface area contributed by atoms with Gasteiger partial charge < -0.3 is 9.64 Å². The minimum atomic E-state index is -0.525. The van der Waals surface area contributed by atoms with Crippen LogP contribution in [0.5, 0.6) is 0 Å². The first-order chi connectivity index (χ1) is 9.42. The van der Waals surface area contributed by atoms with E-state index >= 15 is 0 Å². The van der Waals surface area contributed by atoms with Crippen LogP contribution in [0.2, 0.25) is 15.1 Å². The van der Waals surface area contributed by atoms with Crippen LogP contribution in [0.15, 0.2) is 6.20 Å². The second kappa shape index (κ2) is 7.67. The van der Waals surface area contributed by atoms with Gasteiger partial charge in [-0.3, -0.25) is 9.59 Å². The summed E-state index contributed by atoms with van der Waals surface area (Å²) >= 11 is 17.6. The molecule has 1 amide bonds. The summed E-state index contributed by atoms with van der Waals surface area (Å²) in [7, 11) is 1.25. The van der Waals surface area contributed by atoms with Gasteiger partial charge in [0.1, 0.15) is 12.2 Å². The minimum absolute atomic E-state index is 0.0323. The van der Waals surface area contributed by atoms with Gasteiger partial charge in [-0.25, -0.2) is 4.98 Å². The van der Waals surface area contributed by atoms with E-state index in [1.807, 2.05) is 6.92 Å². The molecule has 0 saturated heterocycles. The molecule has 20 heavy (non-hydrogen) atoms. The van der Waals surface area contributed by atoms with Crippen molar-refractivity contribution in [2.45, 2.75) is 13.3 Å². The van der Waals surface area contributed by atoms with Gasteiger partial charge in [0.05, 0.1) is 22.2 Å². The zero-order valence-electron chi connectivity index (χ0n) is 11.0. The van der Waals surface area contributed by atoms with E-state index in [-0.39, 0.29) is 27.3 Å². The molecule has 1 rings (SSSR count). The number of carbonyl (C=O) groups excluding carboxylic acids is 2. The van der Waals surface area contributed by atoms with Crippen molar-refractivity contribution in [2.75, 3.05) is 20.2 Å². The van der Waals surface area contributed by atoms with Gasteiger partial charge in [0.2, 0.25) is 0 Å². The van der Waals surface area contributed by atoms with Crippen molar-refractivity contribution in [1.82, 2.24) is 9.88 Å². The smallest absolute Gasteiger partial charge is 0.325 e. The van der Waals surface area contributed by atoms with Gasteiger partial charge in [-0.15, -0.1) is 0 Å². The first-order valence-corrected chi connectivity index (χ1v) is 6.91. The topological polar surface area (TPSA) is 59.5 Å². The number of esters is 1. The van der Waals surface area contributed by atoms with Crippen molar-refractivity contribution in [2.24, 2.45) is 0 Å². The van der Waals surface area contributed by atoms with Crippen LogP contribution in [0.3, 0.4) is 0 Å². The van der Waals surface area contributed by atoms with E-state index < -0.39 is 11.9 Å². The van der Waals surface area contributed by atoms with E-state index in [0.29, 0.717) is 13.0 Å². The molecule has 1 aromatic heterocycles. The fourth-order valence-corrected chi connectivity index (χ4v) is 2.05. The Morgan fingerprint density at radius 1 is 1.30 bits per heavy atom. The molecule has 0 unspecified atom stereocenters. The molecule has 5 nitrogen and oxygen atoms in total. The SMILES string of the molecule is CCCN(CC(=O)OC)C(=O)c1ncc(Cl)c(Cl)c1Cl. The van der Waals surface area contributed by atoms with E-state index in [9.17, 15) is 9.59 Å². The van der Waals surface area contributed by atoms with Gasteiger partial charge in [-0.1, -0.05) is 41.7 Å². The number of nitrogens with zero attached hydrogens (tertiary/aromatic N) is 2. The molecule has 0 atom stereocenters. The molecule has 0 spiro atoms. The second-order valence-electron chi connectivity index (χ2n) is 3.89. The number of hydrogen-bond donors (Lipinski definition) is 0. The summed E-state index contributed by atoms with van der Waals surface area (Å²) in [5.74, 6) is -1.02. The normalized spacial score (nSPS) is 10.2. The van der Waals surface area contributed by atoms with Crippen molar-refractivity contribution in [1.29, 1.82) is 0 Å². The van der Waals surface area contributed by atoms with Crippen LogP contribution >= 0.6 is 34.8 Å². The molecule has 0 radical (unpaired) electrons. The maximum Gasteiger partial charge on any atom is 0.325 e. The first-order valence-electron chi connectivity index (χ1n) is 5.77. The van der Waals surface area contributed by atoms with Crippen LogP contribution in [0.1, 0.15) is 23.8 Å². The van der Waals surface area contributed by atoms with Gasteiger partial charge in [-0.2, -0.15) is 0 Å². The molecule has 8 heteroatoms. The van der Waals surface area contributed by atoms with Gasteiger partial charge >= 0.3 is 5.97 Å². The van der Waals surface area contributed by atoms with Crippen LogP contribution in [0.4, 0.5) is 0 Å². The van der Waals surface area contributed by atoms with Crippen molar-refractivity contribution in [3.05, 3.63) is 27.0 Å². The number of rotatable bonds is 5. The van der Waals surface area contributed by atoms with E-state index in [2.05, 4.69) is 9.72 Å². The Bertz CT molecular complexity index is 523. The summed E-state index contributed by atoms with van der Waals surface area (Å²) in [6, 6.07) is 0. The summed E-state index contributed by atoms with van der Waals surface area (Å²) in [6.45, 7) is 2.06. The van der Waals surface area contributed by atoms with Crippen LogP contribution in [0, 0.1) is 0 Å². The number of pyridine rings is 1. The molecular formula is C12H13Cl3N2O3. The lowest BCUT2D eigenvalue weighted by Gasteiger charge is -2.21. The van der Waals surface area contributed by atoms with Gasteiger partial charge in [0, 0.05) is 12.7 Å². The third-order valence-corrected chi connectivity index (χ3v) is 3.69. The Morgan fingerprint density at radius 3 is 2.50 bits per heavy atom. The van der Waals surface area contributed by atoms with Crippen molar-refractivity contribution in [3.63, 3.8) is 0 Å². The maximum absolute atomic E-state index is 12.3. The lowest BCUT2D eigenvalue weighted by Crippen LogP contribution is -2.37. The third kappa shape index (κ3) is 3.98. The lowest BCUT2D eigenvalue weighted by atomic mass is 10.3. The quantitative estimate of drug-likeness (QED) is 0.774. The predicted octanol–water partition coefficient (Wildman–Crippen LogP) is 3.07. The Kier molecular flexibility index (Phi) is 6.52. The molecule has 1 heterocycles. The summed E-state index contributed by atoms with van der Waals surface area (Å²) in [6.07, 6.45) is 1.91. The molecule has 0 N–H and O–H groups in total. The van der Waals surface area contributed by atoms with E-state index in [4.69, 9.17) is 34.8 Å². The lowest BCUT2D eigenvalue weighted by molar-refractivity contribution is -0.141. The summed E-state index contributed by atoms with van der Waals surface area (Å²) in [5, 5.41) is 0.180. The molecule has 0 aromatic carbocycles. The predicted molar refractivity (Wildman–Crippen MR) is 77.5 cm³/mol. The number of methoxy groups -OCH3 is 1. The number of aromatic nitrogens is 1. The summed E-state index contributed by atoms with van der Waals surface area (Å²) in [4.78, 5) is 28.8. The average Bonchev–Trinajstić information content (AvgIpc) is 2.43. The summed E-state index contributed by atoms with van der Waals surface area (Å²) in [5.41, 5.74) is -0.0431. The molecule has 0 aliphatic rings. The number of ether oxygens (including phenoxy) is 1. The fraction of sp³-hybridized carbons (Fsp3) is 0.417. The third-order valence-electron chi connectivity index (χ3n) is 2.45. The highest BCUT2D eigenvalue weighted by Crippen LogP contribution is 2.31. The molecule has 0 fully saturated rings. The maximum atomic E-state index is 12.3. The summed E-state index contributed by atoms with van der Waals surface area (Å²) < 4.78 is 4.55. The largest absolute Gasteiger partial charge is 0.468 e. The highest BCUT2D eigenvalue weighted by Gasteiger charge is 2.24. The monoisotopic (exact) mass is 338 g/mol. The van der Waals surface area contributed by atoms with Crippen LogP contribution in [-0.4, -0.2) is 42.0 Å². The van der Waals surface area contributed by atoms with Crippen LogP contribution in [-0.2, 0) is 9.53 Å². The molecule has 0 bridgehead atoms. The molecule has 0 saturated carbocycles. The first kappa shape index (κ1) is 17.0. The zero-order chi connectivity index (χ0) is 15.3. The standard InChI is InChI=1S/C12H13Cl3N2O3/c1-3-4-17(6-8(18)20-2)12(19)11-10(15)9(14)7(13)5-16-11/h5H,3-4,6H2,1-2H3. The minimum Gasteiger partial charge on any atom is -0.468 e. The number of amides is 1. The van der Waals surface area contributed by atoms with Crippen LogP contribution in [0.25, 0.3) is 0 Å². The zero-order valence-corrected chi connectivity index (χ0v) is 13.2.